The van der Waals surface area contributed by atoms with E-state index < -0.39 is 0 Å². The van der Waals surface area contributed by atoms with Crippen molar-refractivity contribution in [2.45, 2.75) is 39.8 Å². The van der Waals surface area contributed by atoms with Crippen molar-refractivity contribution in [2.75, 3.05) is 6.54 Å². The molecular formula is C16H23N3. The Morgan fingerprint density at radius 3 is 2.58 bits per heavy atom. The molecule has 0 amide bonds. The second kappa shape index (κ2) is 6.53. The van der Waals surface area contributed by atoms with Crippen molar-refractivity contribution in [1.82, 2.24) is 15.1 Å². The minimum atomic E-state index is 0.486. The first-order valence-electron chi connectivity index (χ1n) is 7.01. The van der Waals surface area contributed by atoms with E-state index >= 15 is 0 Å². The van der Waals surface area contributed by atoms with Gasteiger partial charge in [0.15, 0.2) is 0 Å². The Balaban J connectivity index is 2.22. The van der Waals surface area contributed by atoms with Crippen molar-refractivity contribution in [1.29, 1.82) is 0 Å². The lowest BCUT2D eigenvalue weighted by Crippen LogP contribution is -2.15. The van der Waals surface area contributed by atoms with E-state index in [-0.39, 0.29) is 0 Å². The Labute approximate surface area is 115 Å². The van der Waals surface area contributed by atoms with Crippen molar-refractivity contribution in [3.63, 3.8) is 0 Å². The van der Waals surface area contributed by atoms with Gasteiger partial charge in [0.1, 0.15) is 0 Å². The molecule has 1 heterocycles. The molecule has 0 fully saturated rings. The number of hydrogen-bond donors (Lipinski definition) is 1. The molecule has 0 aliphatic rings. The summed E-state index contributed by atoms with van der Waals surface area (Å²) < 4.78 is 2.13. The first-order valence-corrected chi connectivity index (χ1v) is 7.01. The van der Waals surface area contributed by atoms with Crippen LogP contribution in [0.3, 0.4) is 0 Å². The van der Waals surface area contributed by atoms with Gasteiger partial charge in [-0.05, 0) is 18.0 Å². The molecule has 1 N–H and O–H groups in total. The fourth-order valence-electron chi connectivity index (χ4n) is 2.38. The van der Waals surface area contributed by atoms with Gasteiger partial charge in [-0.25, -0.2) is 0 Å². The predicted molar refractivity (Wildman–Crippen MR) is 79.2 cm³/mol. The molecule has 1 aromatic heterocycles. The number of benzene rings is 1. The summed E-state index contributed by atoms with van der Waals surface area (Å²) in [6.07, 6.45) is 2.00. The number of nitrogens with one attached hydrogen (secondary N) is 1. The van der Waals surface area contributed by atoms with Gasteiger partial charge in [0.05, 0.1) is 12.7 Å². The summed E-state index contributed by atoms with van der Waals surface area (Å²) in [5.74, 6) is 0.486. The van der Waals surface area contributed by atoms with Gasteiger partial charge in [0.2, 0.25) is 0 Å². The van der Waals surface area contributed by atoms with Gasteiger partial charge in [0, 0.05) is 17.8 Å². The first-order chi connectivity index (χ1) is 9.22. The van der Waals surface area contributed by atoms with E-state index in [9.17, 15) is 0 Å². The summed E-state index contributed by atoms with van der Waals surface area (Å²) >= 11 is 0. The van der Waals surface area contributed by atoms with Crippen LogP contribution in [-0.2, 0) is 13.1 Å². The Morgan fingerprint density at radius 1 is 1.21 bits per heavy atom. The summed E-state index contributed by atoms with van der Waals surface area (Å²) in [7, 11) is 0. The van der Waals surface area contributed by atoms with Crippen molar-refractivity contribution in [3.05, 3.63) is 53.3 Å². The van der Waals surface area contributed by atoms with E-state index in [1.807, 2.05) is 12.3 Å². The van der Waals surface area contributed by atoms with E-state index in [1.165, 1.54) is 16.8 Å². The smallest absolute Gasteiger partial charge is 0.0662 e. The maximum atomic E-state index is 4.56. The zero-order valence-electron chi connectivity index (χ0n) is 12.1. The monoisotopic (exact) mass is 257 g/mol. The van der Waals surface area contributed by atoms with Crippen LogP contribution in [0.5, 0.6) is 0 Å². The number of nitrogens with zero attached hydrogens (tertiary/aromatic N) is 2. The van der Waals surface area contributed by atoms with Crippen molar-refractivity contribution in [3.8, 4) is 0 Å². The lowest BCUT2D eigenvalue weighted by Gasteiger charge is -2.13. The molecule has 3 nitrogen and oxygen atoms in total. The molecule has 102 valence electrons. The molecule has 0 atom stereocenters. The molecule has 1 aromatic carbocycles. The van der Waals surface area contributed by atoms with Crippen LogP contribution >= 0.6 is 0 Å². The molecular weight excluding hydrogens is 234 g/mol. The van der Waals surface area contributed by atoms with E-state index in [0.29, 0.717) is 5.92 Å². The molecule has 0 aliphatic heterocycles. The van der Waals surface area contributed by atoms with E-state index in [2.05, 4.69) is 60.1 Å². The van der Waals surface area contributed by atoms with Crippen LogP contribution in [-0.4, -0.2) is 16.3 Å². The fourth-order valence-corrected chi connectivity index (χ4v) is 2.38. The van der Waals surface area contributed by atoms with Crippen molar-refractivity contribution in [2.24, 2.45) is 0 Å². The number of rotatable bonds is 6. The quantitative estimate of drug-likeness (QED) is 0.861. The van der Waals surface area contributed by atoms with E-state index in [1.54, 1.807) is 0 Å². The molecule has 0 saturated heterocycles. The Kier molecular flexibility index (Phi) is 4.74. The lowest BCUT2D eigenvalue weighted by atomic mass is 10.1. The Morgan fingerprint density at radius 2 is 1.95 bits per heavy atom. The van der Waals surface area contributed by atoms with Crippen molar-refractivity contribution < 1.29 is 0 Å². The standard InChI is InChI=1S/C16H23N3/c1-4-17-10-15-11-18-19(16(15)13(2)3)12-14-8-6-5-7-9-14/h5-9,11,13,17H,4,10,12H2,1-3H3. The first kappa shape index (κ1) is 13.8. The molecule has 0 spiro atoms. The lowest BCUT2D eigenvalue weighted by molar-refractivity contribution is 0.609. The van der Waals surface area contributed by atoms with Gasteiger partial charge >= 0.3 is 0 Å². The maximum Gasteiger partial charge on any atom is 0.0662 e. The molecule has 0 saturated carbocycles. The summed E-state index contributed by atoms with van der Waals surface area (Å²) in [4.78, 5) is 0. The Bertz CT molecular complexity index is 500. The van der Waals surface area contributed by atoms with Gasteiger partial charge in [-0.15, -0.1) is 0 Å². The highest BCUT2D eigenvalue weighted by Crippen LogP contribution is 2.20. The summed E-state index contributed by atoms with van der Waals surface area (Å²) in [6.45, 7) is 9.33. The predicted octanol–water partition coefficient (Wildman–Crippen LogP) is 3.16. The summed E-state index contributed by atoms with van der Waals surface area (Å²) in [6, 6.07) is 10.5. The highest BCUT2D eigenvalue weighted by molar-refractivity contribution is 5.23. The van der Waals surface area contributed by atoms with Gasteiger partial charge in [-0.1, -0.05) is 51.1 Å². The highest BCUT2D eigenvalue weighted by Gasteiger charge is 2.13. The summed E-state index contributed by atoms with van der Waals surface area (Å²) in [5.41, 5.74) is 3.94. The normalized spacial score (nSPS) is 11.2. The van der Waals surface area contributed by atoms with Crippen LogP contribution in [0.4, 0.5) is 0 Å². The average Bonchev–Trinajstić information content (AvgIpc) is 2.80. The number of aromatic nitrogens is 2. The van der Waals surface area contributed by atoms with Crippen molar-refractivity contribution >= 4 is 0 Å². The van der Waals surface area contributed by atoms with E-state index in [4.69, 9.17) is 0 Å². The third kappa shape index (κ3) is 3.44. The fraction of sp³-hybridized carbons (Fsp3) is 0.438. The molecule has 0 unspecified atom stereocenters. The SMILES string of the molecule is CCNCc1cnn(Cc2ccccc2)c1C(C)C. The third-order valence-electron chi connectivity index (χ3n) is 3.25. The molecule has 19 heavy (non-hydrogen) atoms. The van der Waals surface area contributed by atoms with Gasteiger partial charge in [0.25, 0.3) is 0 Å². The van der Waals surface area contributed by atoms with E-state index in [0.717, 1.165) is 19.6 Å². The molecule has 0 bridgehead atoms. The second-order valence-corrected chi connectivity index (χ2v) is 5.13. The largest absolute Gasteiger partial charge is 0.313 e. The van der Waals surface area contributed by atoms with Gasteiger partial charge < -0.3 is 5.32 Å². The highest BCUT2D eigenvalue weighted by atomic mass is 15.3. The van der Waals surface area contributed by atoms with Gasteiger partial charge in [-0.3, -0.25) is 4.68 Å². The molecule has 0 radical (unpaired) electrons. The Hall–Kier alpha value is -1.61. The minimum absolute atomic E-state index is 0.486. The van der Waals surface area contributed by atoms with Crippen LogP contribution in [0.2, 0.25) is 0 Å². The van der Waals surface area contributed by atoms with Crippen LogP contribution in [0.15, 0.2) is 36.5 Å². The minimum Gasteiger partial charge on any atom is -0.313 e. The maximum absolute atomic E-state index is 4.56. The molecule has 0 aliphatic carbocycles. The van der Waals surface area contributed by atoms with Crippen LogP contribution in [0, 0.1) is 0 Å². The molecule has 2 rings (SSSR count). The van der Waals surface area contributed by atoms with Crippen LogP contribution < -0.4 is 5.32 Å². The summed E-state index contributed by atoms with van der Waals surface area (Å²) in [5, 5.41) is 7.95. The van der Waals surface area contributed by atoms with Crippen LogP contribution in [0.1, 0.15) is 43.5 Å². The number of hydrogen-bond acceptors (Lipinski definition) is 2. The average molecular weight is 257 g/mol. The van der Waals surface area contributed by atoms with Gasteiger partial charge in [-0.2, -0.15) is 5.10 Å². The molecule has 2 aromatic rings. The third-order valence-corrected chi connectivity index (χ3v) is 3.25. The second-order valence-electron chi connectivity index (χ2n) is 5.13. The zero-order chi connectivity index (χ0) is 13.7. The topological polar surface area (TPSA) is 29.9 Å². The molecule has 3 heteroatoms. The zero-order valence-corrected chi connectivity index (χ0v) is 12.1. The van der Waals surface area contributed by atoms with Crippen LogP contribution in [0.25, 0.3) is 0 Å².